The smallest absolute Gasteiger partial charge is 0.339 e. The van der Waals surface area contributed by atoms with Crippen molar-refractivity contribution < 1.29 is 14.6 Å². The number of ether oxygens (including phenoxy) is 1. The zero-order valence-electron chi connectivity index (χ0n) is 10.2. The Hall–Kier alpha value is -1.52. The lowest BCUT2D eigenvalue weighted by molar-refractivity contribution is -0.153. The first-order valence-electron chi connectivity index (χ1n) is 5.63. The Kier molecular flexibility index (Phi) is 3.59. The second kappa shape index (κ2) is 5.00. The molecule has 0 aliphatic heterocycles. The van der Waals surface area contributed by atoms with Crippen LogP contribution < -0.4 is 0 Å². The molecular formula is C13H14ClNO3. The molecule has 18 heavy (non-hydrogen) atoms. The molecule has 0 fully saturated rings. The van der Waals surface area contributed by atoms with Crippen molar-refractivity contribution in [2.45, 2.75) is 13.0 Å². The minimum Gasteiger partial charge on any atom is -0.464 e. The number of aromatic nitrogens is 1. The molecule has 0 bridgehead atoms. The zero-order valence-corrected chi connectivity index (χ0v) is 10.9. The number of nitrogens with zero attached hydrogens (tertiary/aromatic N) is 1. The van der Waals surface area contributed by atoms with Crippen LogP contribution in [0, 0.1) is 0 Å². The third kappa shape index (κ3) is 2.21. The average molecular weight is 268 g/mol. The Morgan fingerprint density at radius 2 is 2.28 bits per heavy atom. The quantitative estimate of drug-likeness (QED) is 0.869. The van der Waals surface area contributed by atoms with Gasteiger partial charge < -0.3 is 14.4 Å². The van der Waals surface area contributed by atoms with Crippen LogP contribution in [0.15, 0.2) is 24.4 Å². The van der Waals surface area contributed by atoms with Gasteiger partial charge in [-0.2, -0.15) is 0 Å². The SMILES string of the molecule is CCOC(=O)C(O)c1ccc2c(Cl)cn(C)c2c1. The second-order valence-corrected chi connectivity index (χ2v) is 4.43. The van der Waals surface area contributed by atoms with E-state index in [1.165, 1.54) is 0 Å². The van der Waals surface area contributed by atoms with Gasteiger partial charge in [-0.15, -0.1) is 0 Å². The first kappa shape index (κ1) is 12.9. The lowest BCUT2D eigenvalue weighted by Gasteiger charge is -2.10. The van der Waals surface area contributed by atoms with Gasteiger partial charge in [-0.05, 0) is 18.6 Å². The minimum absolute atomic E-state index is 0.244. The van der Waals surface area contributed by atoms with Gasteiger partial charge in [0.2, 0.25) is 0 Å². The summed E-state index contributed by atoms with van der Waals surface area (Å²) in [5.41, 5.74) is 1.36. The van der Waals surface area contributed by atoms with Crippen molar-refractivity contribution in [1.29, 1.82) is 0 Å². The highest BCUT2D eigenvalue weighted by Gasteiger charge is 2.19. The fourth-order valence-electron chi connectivity index (χ4n) is 1.88. The minimum atomic E-state index is -1.26. The van der Waals surface area contributed by atoms with Crippen molar-refractivity contribution in [2.75, 3.05) is 6.61 Å². The molecule has 2 rings (SSSR count). The van der Waals surface area contributed by atoms with Gasteiger partial charge >= 0.3 is 5.97 Å². The molecule has 1 unspecified atom stereocenters. The summed E-state index contributed by atoms with van der Waals surface area (Å²) in [4.78, 5) is 11.5. The lowest BCUT2D eigenvalue weighted by Crippen LogP contribution is -2.15. The molecule has 0 saturated heterocycles. The van der Waals surface area contributed by atoms with E-state index in [1.54, 1.807) is 31.3 Å². The van der Waals surface area contributed by atoms with Gasteiger partial charge in [0, 0.05) is 24.1 Å². The second-order valence-electron chi connectivity index (χ2n) is 4.02. The predicted octanol–water partition coefficient (Wildman–Crippen LogP) is 2.43. The van der Waals surface area contributed by atoms with Crippen LogP contribution >= 0.6 is 11.6 Å². The molecule has 1 atom stereocenters. The Morgan fingerprint density at radius 1 is 1.56 bits per heavy atom. The monoisotopic (exact) mass is 267 g/mol. The summed E-state index contributed by atoms with van der Waals surface area (Å²) < 4.78 is 6.63. The molecule has 2 aromatic rings. The predicted molar refractivity (Wildman–Crippen MR) is 69.5 cm³/mol. The van der Waals surface area contributed by atoms with Gasteiger partial charge in [-0.25, -0.2) is 4.79 Å². The molecule has 0 aliphatic rings. The number of aliphatic hydroxyl groups excluding tert-OH is 1. The van der Waals surface area contributed by atoms with Crippen molar-refractivity contribution in [3.05, 3.63) is 35.0 Å². The van der Waals surface area contributed by atoms with E-state index in [2.05, 4.69) is 0 Å². The number of esters is 1. The highest BCUT2D eigenvalue weighted by molar-refractivity contribution is 6.35. The Bertz CT molecular complexity index is 591. The van der Waals surface area contributed by atoms with Gasteiger partial charge in [0.25, 0.3) is 0 Å². The molecule has 4 nitrogen and oxygen atoms in total. The third-order valence-electron chi connectivity index (χ3n) is 2.79. The van der Waals surface area contributed by atoms with Gasteiger partial charge in [0.05, 0.1) is 11.6 Å². The molecule has 1 aromatic heterocycles. The van der Waals surface area contributed by atoms with Crippen LogP contribution in [0.5, 0.6) is 0 Å². The summed E-state index contributed by atoms with van der Waals surface area (Å²) in [5, 5.41) is 11.4. The first-order chi connectivity index (χ1) is 8.54. The third-order valence-corrected chi connectivity index (χ3v) is 3.09. The van der Waals surface area contributed by atoms with E-state index < -0.39 is 12.1 Å². The number of carbonyl (C=O) groups is 1. The largest absolute Gasteiger partial charge is 0.464 e. The zero-order chi connectivity index (χ0) is 13.3. The molecule has 0 aliphatic carbocycles. The first-order valence-corrected chi connectivity index (χ1v) is 6.01. The summed E-state index contributed by atoms with van der Waals surface area (Å²) in [7, 11) is 1.86. The molecule has 0 saturated carbocycles. The van der Waals surface area contributed by atoms with E-state index in [1.807, 2.05) is 11.6 Å². The van der Waals surface area contributed by atoms with Crippen molar-refractivity contribution in [1.82, 2.24) is 4.57 Å². The highest BCUT2D eigenvalue weighted by Crippen LogP contribution is 2.28. The summed E-state index contributed by atoms with van der Waals surface area (Å²) in [6.45, 7) is 1.94. The summed E-state index contributed by atoms with van der Waals surface area (Å²) in [5.74, 6) is -0.642. The maximum absolute atomic E-state index is 11.5. The van der Waals surface area contributed by atoms with Crippen LogP contribution in [-0.2, 0) is 16.6 Å². The molecular weight excluding hydrogens is 254 g/mol. The van der Waals surface area contributed by atoms with Crippen molar-refractivity contribution in [2.24, 2.45) is 7.05 Å². The molecule has 1 N–H and O–H groups in total. The standard InChI is InChI=1S/C13H14ClNO3/c1-3-18-13(17)12(16)8-4-5-9-10(14)7-15(2)11(9)6-8/h4-7,12,16H,3H2,1-2H3. The maximum atomic E-state index is 11.5. The van der Waals surface area contributed by atoms with Crippen LogP contribution in [0.3, 0.4) is 0 Å². The lowest BCUT2D eigenvalue weighted by atomic mass is 10.1. The molecule has 1 heterocycles. The molecule has 96 valence electrons. The van der Waals surface area contributed by atoms with E-state index in [0.717, 1.165) is 10.9 Å². The number of aliphatic hydroxyl groups is 1. The molecule has 0 spiro atoms. The maximum Gasteiger partial charge on any atom is 0.339 e. The van der Waals surface area contributed by atoms with E-state index in [-0.39, 0.29) is 6.61 Å². The number of halogens is 1. The van der Waals surface area contributed by atoms with Gasteiger partial charge in [0.1, 0.15) is 0 Å². The Balaban J connectivity index is 2.41. The normalized spacial score (nSPS) is 12.7. The average Bonchev–Trinajstić information content (AvgIpc) is 2.64. The number of hydrogen-bond acceptors (Lipinski definition) is 3. The molecule has 0 amide bonds. The van der Waals surface area contributed by atoms with E-state index >= 15 is 0 Å². The van der Waals surface area contributed by atoms with Crippen LogP contribution in [0.4, 0.5) is 0 Å². The van der Waals surface area contributed by atoms with Gasteiger partial charge in [-0.1, -0.05) is 23.7 Å². The topological polar surface area (TPSA) is 51.5 Å². The molecule has 5 heteroatoms. The van der Waals surface area contributed by atoms with Crippen molar-refractivity contribution in [3.8, 4) is 0 Å². The van der Waals surface area contributed by atoms with Gasteiger partial charge in [-0.3, -0.25) is 0 Å². The van der Waals surface area contributed by atoms with Crippen LogP contribution in [0.25, 0.3) is 10.9 Å². The highest BCUT2D eigenvalue weighted by atomic mass is 35.5. The van der Waals surface area contributed by atoms with Crippen LogP contribution in [-0.4, -0.2) is 22.2 Å². The van der Waals surface area contributed by atoms with E-state index in [9.17, 15) is 9.90 Å². The number of hydrogen-bond donors (Lipinski definition) is 1. The number of benzene rings is 1. The Labute approximate surface area is 110 Å². The van der Waals surface area contributed by atoms with Gasteiger partial charge in [0.15, 0.2) is 6.10 Å². The van der Waals surface area contributed by atoms with Crippen molar-refractivity contribution in [3.63, 3.8) is 0 Å². The number of aryl methyl sites for hydroxylation is 1. The summed E-state index contributed by atoms with van der Waals surface area (Å²) in [6.07, 6.45) is 0.523. The van der Waals surface area contributed by atoms with Crippen LogP contribution in [0.2, 0.25) is 5.02 Å². The molecule has 0 radical (unpaired) electrons. The van der Waals surface area contributed by atoms with Crippen molar-refractivity contribution >= 4 is 28.5 Å². The number of carbonyl (C=O) groups excluding carboxylic acids is 1. The fourth-order valence-corrected chi connectivity index (χ4v) is 2.19. The fraction of sp³-hybridized carbons (Fsp3) is 0.308. The van der Waals surface area contributed by atoms with E-state index in [4.69, 9.17) is 16.3 Å². The number of rotatable bonds is 3. The Morgan fingerprint density at radius 3 is 2.94 bits per heavy atom. The summed E-state index contributed by atoms with van der Waals surface area (Å²) >= 11 is 6.05. The van der Waals surface area contributed by atoms with Crippen LogP contribution in [0.1, 0.15) is 18.6 Å². The number of fused-ring (bicyclic) bond motifs is 1. The molecule has 1 aromatic carbocycles. The van der Waals surface area contributed by atoms with E-state index in [0.29, 0.717) is 10.6 Å². The summed E-state index contributed by atoms with van der Waals surface area (Å²) in [6, 6.07) is 5.20.